The second kappa shape index (κ2) is 4.96. The number of benzene rings is 1. The first-order valence-corrected chi connectivity index (χ1v) is 5.44. The summed E-state index contributed by atoms with van der Waals surface area (Å²) < 4.78 is 18.2. The lowest BCUT2D eigenvalue weighted by molar-refractivity contribution is 0.0878. The Morgan fingerprint density at radius 1 is 1.22 bits per heavy atom. The minimum atomic E-state index is -0.453. The number of Topliss-reactive ketones (excluding diaryl/α,β-unsaturated/α-hetero) is 2. The van der Waals surface area contributed by atoms with Crippen LogP contribution < -0.4 is 0 Å². The molecule has 0 aliphatic rings. The summed E-state index contributed by atoms with van der Waals surface area (Å²) in [6, 6.07) is 7.23. The van der Waals surface area contributed by atoms with Gasteiger partial charge in [0.15, 0.2) is 11.5 Å². The minimum absolute atomic E-state index is 0.135. The minimum Gasteiger partial charge on any atom is -0.461 e. The Labute approximate surface area is 103 Å². The van der Waals surface area contributed by atoms with E-state index in [-0.39, 0.29) is 17.7 Å². The van der Waals surface area contributed by atoms with Crippen LogP contribution >= 0.6 is 0 Å². The van der Waals surface area contributed by atoms with Crippen LogP contribution in [0.15, 0.2) is 41.0 Å². The third kappa shape index (κ3) is 2.53. The van der Waals surface area contributed by atoms with E-state index in [0.29, 0.717) is 5.56 Å². The van der Waals surface area contributed by atoms with Gasteiger partial charge in [-0.05, 0) is 30.7 Å². The molecule has 0 atom stereocenters. The fraction of sp³-hybridized carbons (Fsp3) is 0.143. The van der Waals surface area contributed by atoms with Crippen molar-refractivity contribution in [2.75, 3.05) is 0 Å². The van der Waals surface area contributed by atoms with Crippen molar-refractivity contribution < 1.29 is 18.4 Å². The highest BCUT2D eigenvalue weighted by molar-refractivity contribution is 6.12. The van der Waals surface area contributed by atoms with Crippen LogP contribution in [0.3, 0.4) is 0 Å². The van der Waals surface area contributed by atoms with E-state index in [1.807, 2.05) is 0 Å². The Balaban J connectivity index is 2.12. The van der Waals surface area contributed by atoms with E-state index in [4.69, 9.17) is 4.42 Å². The number of hydrogen-bond acceptors (Lipinski definition) is 3. The molecule has 92 valence electrons. The van der Waals surface area contributed by atoms with Gasteiger partial charge in [-0.15, -0.1) is 0 Å². The van der Waals surface area contributed by atoms with E-state index in [1.165, 1.54) is 24.5 Å². The third-order valence-electron chi connectivity index (χ3n) is 2.61. The summed E-state index contributed by atoms with van der Waals surface area (Å²) in [6.45, 7) is 1.61. The molecule has 0 radical (unpaired) electrons. The first-order chi connectivity index (χ1) is 8.58. The molecule has 0 unspecified atom stereocenters. The first-order valence-electron chi connectivity index (χ1n) is 5.44. The van der Waals surface area contributed by atoms with Crippen LogP contribution in [0.25, 0.3) is 0 Å². The van der Waals surface area contributed by atoms with Crippen LogP contribution in [-0.4, -0.2) is 11.6 Å². The summed E-state index contributed by atoms with van der Waals surface area (Å²) in [5, 5.41) is 0. The predicted octanol–water partition coefficient (Wildman–Crippen LogP) is 3.18. The fourth-order valence-electron chi connectivity index (χ4n) is 1.54. The molecule has 0 amide bonds. The molecule has 0 aliphatic carbocycles. The maximum absolute atomic E-state index is 13.3. The average molecular weight is 246 g/mol. The van der Waals surface area contributed by atoms with Crippen molar-refractivity contribution in [1.29, 1.82) is 0 Å². The highest BCUT2D eigenvalue weighted by Crippen LogP contribution is 2.13. The normalized spacial score (nSPS) is 10.3. The van der Waals surface area contributed by atoms with Crippen LogP contribution in [0, 0.1) is 12.7 Å². The SMILES string of the molecule is Cc1ccc(C(=O)CC(=O)c2ccco2)cc1F. The summed E-state index contributed by atoms with van der Waals surface area (Å²) in [5.74, 6) is -1.15. The fourth-order valence-corrected chi connectivity index (χ4v) is 1.54. The molecule has 0 saturated heterocycles. The molecule has 4 heteroatoms. The van der Waals surface area contributed by atoms with Crippen LogP contribution in [0.2, 0.25) is 0 Å². The highest BCUT2D eigenvalue weighted by atomic mass is 19.1. The quantitative estimate of drug-likeness (QED) is 0.614. The highest BCUT2D eigenvalue weighted by Gasteiger charge is 2.16. The number of rotatable bonds is 4. The number of ketones is 2. The molecule has 0 spiro atoms. The zero-order valence-electron chi connectivity index (χ0n) is 9.77. The van der Waals surface area contributed by atoms with Crippen molar-refractivity contribution in [2.24, 2.45) is 0 Å². The Bertz CT molecular complexity index is 585. The number of halogens is 1. The van der Waals surface area contributed by atoms with Gasteiger partial charge >= 0.3 is 0 Å². The zero-order valence-corrected chi connectivity index (χ0v) is 9.77. The summed E-state index contributed by atoms with van der Waals surface area (Å²) in [5.41, 5.74) is 0.655. The molecule has 1 heterocycles. The van der Waals surface area contributed by atoms with Crippen molar-refractivity contribution in [3.63, 3.8) is 0 Å². The molecule has 0 aliphatic heterocycles. The lowest BCUT2D eigenvalue weighted by Gasteiger charge is -2.01. The molecule has 2 rings (SSSR count). The van der Waals surface area contributed by atoms with Gasteiger partial charge in [-0.25, -0.2) is 4.39 Å². The van der Waals surface area contributed by atoms with Crippen LogP contribution in [0.4, 0.5) is 4.39 Å². The van der Waals surface area contributed by atoms with E-state index >= 15 is 0 Å². The molecule has 1 aromatic heterocycles. The van der Waals surface area contributed by atoms with Gasteiger partial charge in [-0.3, -0.25) is 9.59 Å². The Kier molecular flexibility index (Phi) is 3.37. The van der Waals surface area contributed by atoms with Crippen LogP contribution in [0.1, 0.15) is 32.9 Å². The second-order valence-electron chi connectivity index (χ2n) is 3.96. The second-order valence-corrected chi connectivity index (χ2v) is 3.96. The summed E-state index contributed by atoms with van der Waals surface area (Å²) in [4.78, 5) is 23.4. The molecule has 0 bridgehead atoms. The number of furan rings is 1. The van der Waals surface area contributed by atoms with Crippen molar-refractivity contribution in [3.8, 4) is 0 Å². The number of carbonyl (C=O) groups is 2. The molecular weight excluding hydrogens is 235 g/mol. The molecule has 0 N–H and O–H groups in total. The van der Waals surface area contributed by atoms with Gasteiger partial charge < -0.3 is 4.42 Å². The lowest BCUT2D eigenvalue weighted by Crippen LogP contribution is -2.08. The van der Waals surface area contributed by atoms with Gasteiger partial charge in [-0.1, -0.05) is 12.1 Å². The maximum atomic E-state index is 13.3. The summed E-state index contributed by atoms with van der Waals surface area (Å²) >= 11 is 0. The van der Waals surface area contributed by atoms with Gasteiger partial charge in [-0.2, -0.15) is 0 Å². The van der Waals surface area contributed by atoms with Crippen molar-refractivity contribution in [1.82, 2.24) is 0 Å². The van der Waals surface area contributed by atoms with Gasteiger partial charge in [0.25, 0.3) is 0 Å². The maximum Gasteiger partial charge on any atom is 0.205 e. The van der Waals surface area contributed by atoms with E-state index in [0.717, 1.165) is 6.07 Å². The lowest BCUT2D eigenvalue weighted by atomic mass is 10.0. The largest absolute Gasteiger partial charge is 0.461 e. The van der Waals surface area contributed by atoms with E-state index in [9.17, 15) is 14.0 Å². The Hall–Kier alpha value is -2.23. The first kappa shape index (κ1) is 12.2. The topological polar surface area (TPSA) is 47.3 Å². The van der Waals surface area contributed by atoms with Crippen LogP contribution in [0.5, 0.6) is 0 Å². The van der Waals surface area contributed by atoms with E-state index in [2.05, 4.69) is 0 Å². The van der Waals surface area contributed by atoms with E-state index < -0.39 is 17.4 Å². The van der Waals surface area contributed by atoms with Crippen LogP contribution in [-0.2, 0) is 0 Å². The zero-order chi connectivity index (χ0) is 13.1. The van der Waals surface area contributed by atoms with Crippen molar-refractivity contribution in [2.45, 2.75) is 13.3 Å². The van der Waals surface area contributed by atoms with Crippen molar-refractivity contribution >= 4 is 11.6 Å². The Morgan fingerprint density at radius 3 is 2.61 bits per heavy atom. The molecule has 18 heavy (non-hydrogen) atoms. The Morgan fingerprint density at radius 2 is 2.00 bits per heavy atom. The standard InChI is InChI=1S/C14H11FO3/c1-9-4-5-10(7-11(9)15)12(16)8-13(17)14-3-2-6-18-14/h2-7H,8H2,1H3. The summed E-state index contributed by atoms with van der Waals surface area (Å²) in [7, 11) is 0. The van der Waals surface area contributed by atoms with E-state index in [1.54, 1.807) is 13.0 Å². The van der Waals surface area contributed by atoms with Gasteiger partial charge in [0.2, 0.25) is 5.78 Å². The molecule has 0 fully saturated rings. The molecule has 0 saturated carbocycles. The number of carbonyl (C=O) groups excluding carboxylic acids is 2. The molecular formula is C14H11FO3. The smallest absolute Gasteiger partial charge is 0.205 e. The number of aryl methyl sites for hydroxylation is 1. The predicted molar refractivity (Wildman–Crippen MR) is 63.1 cm³/mol. The summed E-state index contributed by atoms with van der Waals surface area (Å²) in [6.07, 6.45) is 1.04. The monoisotopic (exact) mass is 246 g/mol. The average Bonchev–Trinajstić information content (AvgIpc) is 2.86. The third-order valence-corrected chi connectivity index (χ3v) is 2.61. The van der Waals surface area contributed by atoms with Gasteiger partial charge in [0, 0.05) is 5.56 Å². The molecule has 1 aromatic carbocycles. The molecule has 3 nitrogen and oxygen atoms in total. The van der Waals surface area contributed by atoms with Gasteiger partial charge in [0.1, 0.15) is 5.82 Å². The molecule has 2 aromatic rings. The number of hydrogen-bond donors (Lipinski definition) is 0. The van der Waals surface area contributed by atoms with Crippen molar-refractivity contribution in [3.05, 3.63) is 59.3 Å². The van der Waals surface area contributed by atoms with Gasteiger partial charge in [0.05, 0.1) is 12.7 Å².